The summed E-state index contributed by atoms with van der Waals surface area (Å²) in [6.07, 6.45) is -1.53. The van der Waals surface area contributed by atoms with Gasteiger partial charge in [-0.3, -0.25) is 9.36 Å². The van der Waals surface area contributed by atoms with Crippen molar-refractivity contribution in [1.82, 2.24) is 9.13 Å². The number of rotatable bonds is 3. The van der Waals surface area contributed by atoms with Crippen LogP contribution >= 0.6 is 11.6 Å². The van der Waals surface area contributed by atoms with Gasteiger partial charge in [0.25, 0.3) is 5.56 Å². The van der Waals surface area contributed by atoms with Crippen LogP contribution in [0.2, 0.25) is 5.02 Å². The third-order valence-corrected chi connectivity index (χ3v) is 4.74. The van der Waals surface area contributed by atoms with Gasteiger partial charge in [0.15, 0.2) is 0 Å². The summed E-state index contributed by atoms with van der Waals surface area (Å²) < 4.78 is 59.5. The van der Waals surface area contributed by atoms with Crippen molar-refractivity contribution in [1.29, 1.82) is 0 Å². The highest BCUT2D eigenvalue weighted by molar-refractivity contribution is 6.32. The van der Waals surface area contributed by atoms with E-state index in [-0.39, 0.29) is 27.5 Å². The molecule has 0 radical (unpaired) electrons. The molecule has 27 heavy (non-hydrogen) atoms. The van der Waals surface area contributed by atoms with E-state index in [0.29, 0.717) is 4.57 Å². The summed E-state index contributed by atoms with van der Waals surface area (Å²) in [5.74, 6) is -0.966. The van der Waals surface area contributed by atoms with Gasteiger partial charge < -0.3 is 4.74 Å². The summed E-state index contributed by atoms with van der Waals surface area (Å²) in [5, 5.41) is -0.0556. The Hall–Kier alpha value is -2.29. The fourth-order valence-corrected chi connectivity index (χ4v) is 3.28. The second kappa shape index (κ2) is 7.03. The quantitative estimate of drug-likeness (QED) is 0.731. The van der Waals surface area contributed by atoms with E-state index in [1.807, 2.05) is 0 Å². The first-order chi connectivity index (χ1) is 12.6. The summed E-state index contributed by atoms with van der Waals surface area (Å²) in [6.45, 7) is 0. The number of aromatic nitrogens is 2. The molecule has 1 heterocycles. The van der Waals surface area contributed by atoms with Crippen molar-refractivity contribution >= 4 is 11.6 Å². The molecule has 146 valence electrons. The molecule has 0 saturated heterocycles. The smallest absolute Gasteiger partial charge is 0.431 e. The lowest BCUT2D eigenvalue weighted by atomic mass is 10.2. The maximum atomic E-state index is 14.4. The van der Waals surface area contributed by atoms with Crippen molar-refractivity contribution in [2.75, 3.05) is 0 Å². The second-order valence-corrected chi connectivity index (χ2v) is 6.71. The van der Waals surface area contributed by atoms with Gasteiger partial charge in [-0.1, -0.05) is 11.6 Å². The molecule has 1 aromatic carbocycles. The maximum Gasteiger partial charge on any atom is 0.431 e. The van der Waals surface area contributed by atoms with E-state index in [1.54, 1.807) is 0 Å². The zero-order valence-corrected chi connectivity index (χ0v) is 14.9. The van der Waals surface area contributed by atoms with Gasteiger partial charge in [0.05, 0.1) is 16.8 Å². The zero-order chi connectivity index (χ0) is 19.9. The number of halogens is 5. The molecular weight excluding hydrogens is 392 g/mol. The Labute approximate surface area is 155 Å². The molecule has 0 atom stereocenters. The Balaban J connectivity index is 2.15. The number of alkyl halides is 3. The molecule has 0 N–H and O–H groups in total. The molecule has 3 rings (SSSR count). The van der Waals surface area contributed by atoms with Gasteiger partial charge in [-0.25, -0.2) is 13.8 Å². The fourth-order valence-electron chi connectivity index (χ4n) is 3.09. The minimum Gasteiger partial charge on any atom is -0.489 e. The highest BCUT2D eigenvalue weighted by Crippen LogP contribution is 2.33. The van der Waals surface area contributed by atoms with Crippen LogP contribution in [-0.2, 0) is 13.2 Å². The minimum absolute atomic E-state index is 0.0556. The fraction of sp³-hybridized carbons (Fsp3) is 0.412. The van der Waals surface area contributed by atoms with Crippen molar-refractivity contribution in [2.45, 2.75) is 38.0 Å². The first-order valence-electron chi connectivity index (χ1n) is 8.16. The Morgan fingerprint density at radius 2 is 1.78 bits per heavy atom. The summed E-state index contributed by atoms with van der Waals surface area (Å²) in [6, 6.07) is 2.17. The van der Waals surface area contributed by atoms with E-state index in [1.165, 1.54) is 0 Å². The molecule has 1 saturated carbocycles. The van der Waals surface area contributed by atoms with Crippen molar-refractivity contribution in [3.8, 4) is 11.4 Å². The minimum atomic E-state index is -4.90. The van der Waals surface area contributed by atoms with Crippen molar-refractivity contribution in [3.05, 3.63) is 55.6 Å². The van der Waals surface area contributed by atoms with Gasteiger partial charge in [-0.15, -0.1) is 0 Å². The lowest BCUT2D eigenvalue weighted by molar-refractivity contribution is -0.144. The summed E-state index contributed by atoms with van der Waals surface area (Å²) in [5.41, 5.74) is -4.58. The molecule has 0 aliphatic heterocycles. The molecule has 1 fully saturated rings. The van der Waals surface area contributed by atoms with Crippen molar-refractivity contribution < 1.29 is 22.3 Å². The van der Waals surface area contributed by atoms with Crippen LogP contribution in [-0.4, -0.2) is 15.2 Å². The molecule has 0 spiro atoms. The molecule has 5 nitrogen and oxygen atoms in total. The van der Waals surface area contributed by atoms with Crippen LogP contribution in [0.1, 0.15) is 31.4 Å². The maximum absolute atomic E-state index is 14.4. The van der Waals surface area contributed by atoms with Crippen LogP contribution in [0.25, 0.3) is 5.69 Å². The summed E-state index contributed by atoms with van der Waals surface area (Å²) >= 11 is 5.98. The highest BCUT2D eigenvalue weighted by atomic mass is 35.5. The van der Waals surface area contributed by atoms with Gasteiger partial charge in [0.1, 0.15) is 17.3 Å². The SMILES string of the molecule is Cn1c(C(F)(F)F)cc(=O)n(-c2cc(OC3CCCC3)c(Cl)cc2F)c1=O. The lowest BCUT2D eigenvalue weighted by Gasteiger charge is -2.17. The summed E-state index contributed by atoms with van der Waals surface area (Å²) in [7, 11) is 0.852. The van der Waals surface area contributed by atoms with E-state index < -0.39 is 34.6 Å². The van der Waals surface area contributed by atoms with Gasteiger partial charge in [0.2, 0.25) is 0 Å². The van der Waals surface area contributed by atoms with Crippen molar-refractivity contribution in [3.63, 3.8) is 0 Å². The normalized spacial score (nSPS) is 15.3. The lowest BCUT2D eigenvalue weighted by Crippen LogP contribution is -2.41. The number of hydrogen-bond acceptors (Lipinski definition) is 3. The average molecular weight is 407 g/mol. The van der Waals surface area contributed by atoms with Gasteiger partial charge >= 0.3 is 11.9 Å². The number of hydrogen-bond donors (Lipinski definition) is 0. The number of ether oxygens (including phenoxy) is 1. The third-order valence-electron chi connectivity index (χ3n) is 4.45. The van der Waals surface area contributed by atoms with Crippen LogP contribution in [0, 0.1) is 5.82 Å². The topological polar surface area (TPSA) is 53.2 Å². The van der Waals surface area contributed by atoms with Gasteiger partial charge in [0, 0.05) is 19.2 Å². The number of benzene rings is 1. The zero-order valence-electron chi connectivity index (χ0n) is 14.1. The molecule has 0 unspecified atom stereocenters. The molecule has 1 aromatic heterocycles. The van der Waals surface area contributed by atoms with E-state index in [4.69, 9.17) is 16.3 Å². The second-order valence-electron chi connectivity index (χ2n) is 6.30. The van der Waals surface area contributed by atoms with Crippen LogP contribution in [0.5, 0.6) is 5.75 Å². The Bertz CT molecular complexity index is 991. The van der Waals surface area contributed by atoms with Gasteiger partial charge in [-0.2, -0.15) is 13.2 Å². The molecule has 10 heteroatoms. The molecule has 1 aliphatic carbocycles. The highest BCUT2D eigenvalue weighted by Gasteiger charge is 2.35. The Kier molecular flexibility index (Phi) is 5.07. The van der Waals surface area contributed by atoms with Crippen LogP contribution in [0.4, 0.5) is 17.6 Å². The molecule has 2 aromatic rings. The third kappa shape index (κ3) is 3.73. The largest absolute Gasteiger partial charge is 0.489 e. The van der Waals surface area contributed by atoms with Crippen LogP contribution < -0.4 is 16.0 Å². The first kappa shape index (κ1) is 19.5. The molecule has 0 amide bonds. The summed E-state index contributed by atoms with van der Waals surface area (Å²) in [4.78, 5) is 24.5. The van der Waals surface area contributed by atoms with E-state index >= 15 is 0 Å². The Morgan fingerprint density at radius 1 is 1.15 bits per heavy atom. The number of nitrogens with zero attached hydrogens (tertiary/aromatic N) is 2. The monoisotopic (exact) mass is 406 g/mol. The average Bonchev–Trinajstić information content (AvgIpc) is 3.07. The van der Waals surface area contributed by atoms with Gasteiger partial charge in [-0.05, 0) is 31.7 Å². The first-order valence-corrected chi connectivity index (χ1v) is 8.53. The van der Waals surface area contributed by atoms with E-state index in [0.717, 1.165) is 44.9 Å². The predicted molar refractivity (Wildman–Crippen MR) is 90.1 cm³/mol. The Morgan fingerprint density at radius 3 is 2.37 bits per heavy atom. The molecular formula is C17H15ClF4N2O3. The molecule has 1 aliphatic rings. The molecule has 0 bridgehead atoms. The van der Waals surface area contributed by atoms with Crippen molar-refractivity contribution in [2.24, 2.45) is 7.05 Å². The van der Waals surface area contributed by atoms with Crippen LogP contribution in [0.15, 0.2) is 27.8 Å². The van der Waals surface area contributed by atoms with Crippen LogP contribution in [0.3, 0.4) is 0 Å². The predicted octanol–water partition coefficient (Wildman–Crippen LogP) is 3.67. The standard InChI is InChI=1S/C17H15ClF4N2O3/c1-23-14(17(20,21)22)8-15(25)24(16(23)26)12-7-13(10(18)6-11(12)19)27-9-4-2-3-5-9/h6-9H,2-5H2,1H3. The van der Waals surface area contributed by atoms with E-state index in [9.17, 15) is 27.2 Å². The van der Waals surface area contributed by atoms with E-state index in [2.05, 4.69) is 0 Å².